The van der Waals surface area contributed by atoms with Crippen LogP contribution in [0.3, 0.4) is 0 Å². The number of aryl methyl sites for hydroxylation is 1. The Balaban J connectivity index is 2.30. The van der Waals surface area contributed by atoms with E-state index in [2.05, 4.69) is 20.9 Å². The van der Waals surface area contributed by atoms with Gasteiger partial charge in [0.1, 0.15) is 17.4 Å². The lowest BCUT2D eigenvalue weighted by Crippen LogP contribution is -1.98. The third-order valence-corrected chi connectivity index (χ3v) is 3.71. The molecule has 0 unspecified atom stereocenters. The van der Waals surface area contributed by atoms with Gasteiger partial charge in [-0.25, -0.2) is 9.37 Å². The molecule has 20 heavy (non-hydrogen) atoms. The van der Waals surface area contributed by atoms with E-state index in [1.165, 1.54) is 6.07 Å². The summed E-state index contributed by atoms with van der Waals surface area (Å²) in [5.74, 6) is 0.000302. The number of benzene rings is 2. The predicted molar refractivity (Wildman–Crippen MR) is 80.2 cm³/mol. The van der Waals surface area contributed by atoms with E-state index in [1.54, 1.807) is 6.07 Å². The topological polar surface area (TPSA) is 38.0 Å². The Morgan fingerprint density at radius 3 is 2.75 bits per heavy atom. The van der Waals surface area contributed by atoms with Gasteiger partial charge in [-0.3, -0.25) is 0 Å². The minimum Gasteiger partial charge on any atom is -0.508 e. The standard InChI is InChI=1S/C15H12BrFN2O/c1-2-19-14-6-3-9(16)7-13(14)18-15(19)11-5-4-10(20)8-12(11)17/h3-8,20H,2H2,1H3. The Hall–Kier alpha value is -1.88. The van der Waals surface area contributed by atoms with E-state index in [0.717, 1.165) is 21.6 Å². The second kappa shape index (κ2) is 4.90. The number of phenols is 1. The summed E-state index contributed by atoms with van der Waals surface area (Å²) in [6.07, 6.45) is 0. The first kappa shape index (κ1) is 13.1. The van der Waals surface area contributed by atoms with Crippen LogP contribution in [0.4, 0.5) is 4.39 Å². The van der Waals surface area contributed by atoms with Gasteiger partial charge in [0.15, 0.2) is 0 Å². The fourth-order valence-corrected chi connectivity index (χ4v) is 2.66. The number of aromatic nitrogens is 2. The quantitative estimate of drug-likeness (QED) is 0.757. The summed E-state index contributed by atoms with van der Waals surface area (Å²) in [4.78, 5) is 4.52. The molecule has 0 amide bonds. The predicted octanol–water partition coefficient (Wildman–Crippen LogP) is 4.33. The van der Waals surface area contributed by atoms with Crippen molar-refractivity contribution in [2.75, 3.05) is 0 Å². The summed E-state index contributed by atoms with van der Waals surface area (Å²) in [6, 6.07) is 9.92. The van der Waals surface area contributed by atoms with Crippen LogP contribution in [0, 0.1) is 5.82 Å². The van der Waals surface area contributed by atoms with E-state index in [4.69, 9.17) is 0 Å². The second-order valence-electron chi connectivity index (χ2n) is 4.48. The van der Waals surface area contributed by atoms with E-state index in [9.17, 15) is 9.50 Å². The minimum absolute atomic E-state index is 0.0897. The third-order valence-electron chi connectivity index (χ3n) is 3.22. The van der Waals surface area contributed by atoms with Gasteiger partial charge < -0.3 is 9.67 Å². The van der Waals surface area contributed by atoms with Crippen molar-refractivity contribution < 1.29 is 9.50 Å². The van der Waals surface area contributed by atoms with Crippen molar-refractivity contribution in [3.05, 3.63) is 46.7 Å². The maximum Gasteiger partial charge on any atom is 0.144 e. The SMILES string of the molecule is CCn1c(-c2ccc(O)cc2F)nc2cc(Br)ccc21. The summed E-state index contributed by atoms with van der Waals surface area (Å²) >= 11 is 3.41. The van der Waals surface area contributed by atoms with Crippen LogP contribution in [0.1, 0.15) is 6.92 Å². The molecule has 0 radical (unpaired) electrons. The van der Waals surface area contributed by atoms with Crippen LogP contribution in [0.15, 0.2) is 40.9 Å². The van der Waals surface area contributed by atoms with E-state index in [1.807, 2.05) is 29.7 Å². The average molecular weight is 335 g/mol. The molecule has 0 bridgehead atoms. The molecule has 3 rings (SSSR count). The molecular formula is C15H12BrFN2O. The van der Waals surface area contributed by atoms with Crippen molar-refractivity contribution >= 4 is 27.0 Å². The largest absolute Gasteiger partial charge is 0.508 e. The average Bonchev–Trinajstić information content (AvgIpc) is 2.75. The van der Waals surface area contributed by atoms with Gasteiger partial charge in [0.2, 0.25) is 0 Å². The molecule has 0 atom stereocenters. The molecule has 0 saturated heterocycles. The van der Waals surface area contributed by atoms with E-state index in [-0.39, 0.29) is 5.75 Å². The highest BCUT2D eigenvalue weighted by Crippen LogP contribution is 2.29. The number of rotatable bonds is 2. The van der Waals surface area contributed by atoms with Crippen LogP contribution in [0.2, 0.25) is 0 Å². The number of hydrogen-bond donors (Lipinski definition) is 1. The van der Waals surface area contributed by atoms with Crippen molar-refractivity contribution in [1.29, 1.82) is 0 Å². The molecular weight excluding hydrogens is 323 g/mol. The van der Waals surface area contributed by atoms with Gasteiger partial charge in [-0.05, 0) is 37.3 Å². The lowest BCUT2D eigenvalue weighted by molar-refractivity contribution is 0.469. The number of imidazole rings is 1. The third kappa shape index (κ3) is 2.08. The van der Waals surface area contributed by atoms with Gasteiger partial charge in [0.05, 0.1) is 16.6 Å². The number of phenolic OH excluding ortho intramolecular Hbond substituents is 1. The zero-order valence-electron chi connectivity index (χ0n) is 10.8. The molecule has 0 aliphatic carbocycles. The van der Waals surface area contributed by atoms with Gasteiger partial charge in [-0.15, -0.1) is 0 Å². The second-order valence-corrected chi connectivity index (χ2v) is 5.39. The zero-order chi connectivity index (χ0) is 14.3. The summed E-state index contributed by atoms with van der Waals surface area (Å²) in [5.41, 5.74) is 2.15. The molecule has 3 nitrogen and oxygen atoms in total. The number of fused-ring (bicyclic) bond motifs is 1. The highest BCUT2D eigenvalue weighted by molar-refractivity contribution is 9.10. The zero-order valence-corrected chi connectivity index (χ0v) is 12.4. The summed E-state index contributed by atoms with van der Waals surface area (Å²) in [5, 5.41) is 9.31. The Kier molecular flexibility index (Phi) is 3.22. The molecule has 0 spiro atoms. The molecule has 5 heteroatoms. The van der Waals surface area contributed by atoms with Gasteiger partial charge in [-0.1, -0.05) is 15.9 Å². The summed E-state index contributed by atoms with van der Waals surface area (Å²) < 4.78 is 16.9. The lowest BCUT2D eigenvalue weighted by Gasteiger charge is -2.07. The first-order valence-electron chi connectivity index (χ1n) is 6.25. The number of nitrogens with zero attached hydrogens (tertiary/aromatic N) is 2. The van der Waals surface area contributed by atoms with Gasteiger partial charge in [0, 0.05) is 17.1 Å². The van der Waals surface area contributed by atoms with Crippen LogP contribution in [-0.4, -0.2) is 14.7 Å². The maximum absolute atomic E-state index is 14.0. The fraction of sp³-hybridized carbons (Fsp3) is 0.133. The summed E-state index contributed by atoms with van der Waals surface area (Å²) in [6.45, 7) is 2.68. The van der Waals surface area contributed by atoms with Crippen LogP contribution in [0.5, 0.6) is 5.75 Å². The van der Waals surface area contributed by atoms with Gasteiger partial charge in [-0.2, -0.15) is 0 Å². The van der Waals surface area contributed by atoms with Crippen LogP contribution >= 0.6 is 15.9 Å². The molecule has 1 aromatic heterocycles. The van der Waals surface area contributed by atoms with Crippen LogP contribution in [-0.2, 0) is 6.54 Å². The fourth-order valence-electron chi connectivity index (χ4n) is 2.31. The van der Waals surface area contributed by atoms with Gasteiger partial charge in [0.25, 0.3) is 0 Å². The van der Waals surface area contributed by atoms with Crippen molar-refractivity contribution in [1.82, 2.24) is 9.55 Å². The highest BCUT2D eigenvalue weighted by Gasteiger charge is 2.15. The molecule has 0 saturated carbocycles. The molecule has 1 heterocycles. The number of halogens is 2. The van der Waals surface area contributed by atoms with Crippen molar-refractivity contribution in [3.63, 3.8) is 0 Å². The number of hydrogen-bond acceptors (Lipinski definition) is 2. The van der Waals surface area contributed by atoms with E-state index >= 15 is 0 Å². The van der Waals surface area contributed by atoms with E-state index < -0.39 is 5.82 Å². The van der Waals surface area contributed by atoms with Crippen molar-refractivity contribution in [3.8, 4) is 17.1 Å². The molecule has 2 aromatic carbocycles. The van der Waals surface area contributed by atoms with Crippen LogP contribution in [0.25, 0.3) is 22.4 Å². The minimum atomic E-state index is -0.478. The molecule has 1 N–H and O–H groups in total. The molecule has 3 aromatic rings. The number of aromatic hydroxyl groups is 1. The molecule has 102 valence electrons. The molecule has 0 fully saturated rings. The molecule has 0 aliphatic rings. The highest BCUT2D eigenvalue weighted by atomic mass is 79.9. The first-order chi connectivity index (χ1) is 9.60. The Morgan fingerprint density at radius 1 is 1.25 bits per heavy atom. The Labute approximate surface area is 123 Å². The Bertz CT molecular complexity index is 798. The van der Waals surface area contributed by atoms with Crippen LogP contribution < -0.4 is 0 Å². The first-order valence-corrected chi connectivity index (χ1v) is 7.04. The smallest absolute Gasteiger partial charge is 0.144 e. The monoisotopic (exact) mass is 334 g/mol. The van der Waals surface area contributed by atoms with Crippen molar-refractivity contribution in [2.24, 2.45) is 0 Å². The lowest BCUT2D eigenvalue weighted by atomic mass is 10.2. The molecule has 0 aliphatic heterocycles. The van der Waals surface area contributed by atoms with E-state index in [0.29, 0.717) is 17.9 Å². The maximum atomic E-state index is 14.0. The summed E-state index contributed by atoms with van der Waals surface area (Å²) in [7, 11) is 0. The Morgan fingerprint density at radius 2 is 2.05 bits per heavy atom. The van der Waals surface area contributed by atoms with Gasteiger partial charge >= 0.3 is 0 Å². The normalized spacial score (nSPS) is 11.2. The van der Waals surface area contributed by atoms with Crippen molar-refractivity contribution in [2.45, 2.75) is 13.5 Å².